The predicted molar refractivity (Wildman–Crippen MR) is 57.3 cm³/mol. The van der Waals surface area contributed by atoms with Crippen molar-refractivity contribution in [3.63, 3.8) is 0 Å². The first-order chi connectivity index (χ1) is 6.77. The van der Waals surface area contributed by atoms with Crippen molar-refractivity contribution in [3.8, 4) is 0 Å². The molecule has 0 amide bonds. The lowest BCUT2D eigenvalue weighted by atomic mass is 10.2. The summed E-state index contributed by atoms with van der Waals surface area (Å²) in [6.45, 7) is 2.81. The number of hydrazine groups is 1. The quantitative estimate of drug-likeness (QED) is 0.546. The summed E-state index contributed by atoms with van der Waals surface area (Å²) >= 11 is 0. The Labute approximate surface area is 85.1 Å². The van der Waals surface area contributed by atoms with Crippen molar-refractivity contribution in [1.82, 2.24) is 5.01 Å². The Morgan fingerprint density at radius 2 is 2.00 bits per heavy atom. The summed E-state index contributed by atoms with van der Waals surface area (Å²) in [6, 6.07) is 10.1. The second-order valence-electron chi connectivity index (χ2n) is 3.40. The highest BCUT2D eigenvalue weighted by Gasteiger charge is 2.11. The van der Waals surface area contributed by atoms with E-state index in [1.807, 2.05) is 37.3 Å². The number of hydrogen-bond donors (Lipinski definition) is 2. The van der Waals surface area contributed by atoms with Gasteiger partial charge in [-0.1, -0.05) is 37.3 Å². The van der Waals surface area contributed by atoms with Gasteiger partial charge in [0.25, 0.3) is 0 Å². The summed E-state index contributed by atoms with van der Waals surface area (Å²) < 4.78 is 0. The van der Waals surface area contributed by atoms with Crippen molar-refractivity contribution in [2.24, 2.45) is 5.84 Å². The SMILES string of the molecule is CCC(CO)N(N)Cc1ccccc1. The van der Waals surface area contributed by atoms with E-state index in [-0.39, 0.29) is 12.6 Å². The minimum absolute atomic E-state index is 0.0511. The molecule has 0 aliphatic heterocycles. The first-order valence-electron chi connectivity index (χ1n) is 4.94. The van der Waals surface area contributed by atoms with Crippen molar-refractivity contribution in [1.29, 1.82) is 0 Å². The Balaban J connectivity index is 2.52. The smallest absolute Gasteiger partial charge is 0.0600 e. The van der Waals surface area contributed by atoms with Crippen LogP contribution in [0.25, 0.3) is 0 Å². The molecule has 0 aliphatic rings. The zero-order valence-corrected chi connectivity index (χ0v) is 8.56. The molecule has 0 saturated carbocycles. The number of rotatable bonds is 5. The molecule has 0 aromatic heterocycles. The van der Waals surface area contributed by atoms with Gasteiger partial charge in [0.05, 0.1) is 6.61 Å². The van der Waals surface area contributed by atoms with Crippen LogP contribution in [0.15, 0.2) is 30.3 Å². The minimum Gasteiger partial charge on any atom is -0.395 e. The van der Waals surface area contributed by atoms with E-state index in [0.717, 1.165) is 6.42 Å². The Bertz CT molecular complexity index is 247. The van der Waals surface area contributed by atoms with Gasteiger partial charge in [0.2, 0.25) is 0 Å². The van der Waals surface area contributed by atoms with E-state index < -0.39 is 0 Å². The molecule has 0 aliphatic carbocycles. The van der Waals surface area contributed by atoms with Gasteiger partial charge in [0.15, 0.2) is 0 Å². The lowest BCUT2D eigenvalue weighted by molar-refractivity contribution is 0.114. The third-order valence-electron chi connectivity index (χ3n) is 2.36. The van der Waals surface area contributed by atoms with Crippen molar-refractivity contribution < 1.29 is 5.11 Å². The van der Waals surface area contributed by atoms with E-state index in [0.29, 0.717) is 6.54 Å². The summed E-state index contributed by atoms with van der Waals surface area (Å²) in [5.74, 6) is 5.84. The van der Waals surface area contributed by atoms with Gasteiger partial charge >= 0.3 is 0 Å². The second kappa shape index (κ2) is 5.75. The van der Waals surface area contributed by atoms with Crippen LogP contribution in [-0.2, 0) is 6.54 Å². The maximum Gasteiger partial charge on any atom is 0.0600 e. The zero-order chi connectivity index (χ0) is 10.4. The molecular formula is C11H18N2O. The van der Waals surface area contributed by atoms with Crippen molar-refractivity contribution >= 4 is 0 Å². The molecular weight excluding hydrogens is 176 g/mol. The first kappa shape index (κ1) is 11.2. The van der Waals surface area contributed by atoms with Crippen LogP contribution in [0.1, 0.15) is 18.9 Å². The largest absolute Gasteiger partial charge is 0.395 e. The van der Waals surface area contributed by atoms with E-state index >= 15 is 0 Å². The van der Waals surface area contributed by atoms with Crippen LogP contribution in [0.3, 0.4) is 0 Å². The highest BCUT2D eigenvalue weighted by atomic mass is 16.3. The van der Waals surface area contributed by atoms with Crippen molar-refractivity contribution in [2.45, 2.75) is 25.9 Å². The molecule has 78 valence electrons. The van der Waals surface area contributed by atoms with Gasteiger partial charge in [-0.05, 0) is 12.0 Å². The summed E-state index contributed by atoms with van der Waals surface area (Å²) in [5.41, 5.74) is 1.17. The Kier molecular flexibility index (Phi) is 4.59. The maximum atomic E-state index is 9.05. The standard InChI is InChI=1S/C11H18N2O/c1-2-11(9-14)13(12)8-10-6-4-3-5-7-10/h3-7,11,14H,2,8-9,12H2,1H3. The van der Waals surface area contributed by atoms with E-state index in [2.05, 4.69) is 0 Å². The fourth-order valence-electron chi connectivity index (χ4n) is 1.39. The zero-order valence-electron chi connectivity index (χ0n) is 8.56. The Hall–Kier alpha value is -0.900. The molecule has 0 fully saturated rings. The molecule has 1 aromatic rings. The highest BCUT2D eigenvalue weighted by Crippen LogP contribution is 2.05. The summed E-state index contributed by atoms with van der Waals surface area (Å²) in [4.78, 5) is 0. The topological polar surface area (TPSA) is 49.5 Å². The molecule has 0 spiro atoms. The van der Waals surface area contributed by atoms with Gasteiger partial charge < -0.3 is 5.11 Å². The normalized spacial score (nSPS) is 13.1. The Morgan fingerprint density at radius 1 is 1.36 bits per heavy atom. The van der Waals surface area contributed by atoms with E-state index in [1.54, 1.807) is 5.01 Å². The van der Waals surface area contributed by atoms with Crippen LogP contribution in [0, 0.1) is 0 Å². The van der Waals surface area contributed by atoms with Crippen LogP contribution < -0.4 is 5.84 Å². The fraction of sp³-hybridized carbons (Fsp3) is 0.455. The van der Waals surface area contributed by atoms with Crippen molar-refractivity contribution in [2.75, 3.05) is 6.61 Å². The number of nitrogens with zero attached hydrogens (tertiary/aromatic N) is 1. The molecule has 1 unspecified atom stereocenters. The van der Waals surface area contributed by atoms with Crippen molar-refractivity contribution in [3.05, 3.63) is 35.9 Å². The van der Waals surface area contributed by atoms with E-state index in [9.17, 15) is 0 Å². The summed E-state index contributed by atoms with van der Waals surface area (Å²) in [7, 11) is 0. The third-order valence-corrected chi connectivity index (χ3v) is 2.36. The summed E-state index contributed by atoms with van der Waals surface area (Å²) in [6.07, 6.45) is 0.861. The summed E-state index contributed by atoms with van der Waals surface area (Å²) in [5, 5.41) is 10.7. The lowest BCUT2D eigenvalue weighted by Crippen LogP contribution is -2.42. The van der Waals surface area contributed by atoms with Crippen LogP contribution in [0.4, 0.5) is 0 Å². The second-order valence-corrected chi connectivity index (χ2v) is 3.40. The third kappa shape index (κ3) is 3.10. The molecule has 1 aromatic carbocycles. The molecule has 14 heavy (non-hydrogen) atoms. The monoisotopic (exact) mass is 194 g/mol. The van der Waals surface area contributed by atoms with Crippen LogP contribution in [0.2, 0.25) is 0 Å². The van der Waals surface area contributed by atoms with Gasteiger partial charge in [-0.15, -0.1) is 0 Å². The van der Waals surface area contributed by atoms with Gasteiger partial charge in [-0.25, -0.2) is 5.01 Å². The lowest BCUT2D eigenvalue weighted by Gasteiger charge is -2.24. The molecule has 0 saturated heterocycles. The number of nitrogens with two attached hydrogens (primary N) is 1. The first-order valence-corrected chi connectivity index (χ1v) is 4.94. The number of aliphatic hydroxyl groups is 1. The van der Waals surface area contributed by atoms with Gasteiger partial charge in [0, 0.05) is 12.6 Å². The van der Waals surface area contributed by atoms with Crippen LogP contribution >= 0.6 is 0 Å². The average Bonchev–Trinajstić information content (AvgIpc) is 2.21. The van der Waals surface area contributed by atoms with Gasteiger partial charge in [0.1, 0.15) is 0 Å². The van der Waals surface area contributed by atoms with E-state index in [1.165, 1.54) is 5.56 Å². The maximum absolute atomic E-state index is 9.05. The molecule has 3 heteroatoms. The molecule has 3 nitrogen and oxygen atoms in total. The average molecular weight is 194 g/mol. The molecule has 1 rings (SSSR count). The molecule has 3 N–H and O–H groups in total. The molecule has 0 heterocycles. The molecule has 0 radical (unpaired) electrons. The van der Waals surface area contributed by atoms with Crippen LogP contribution in [0.5, 0.6) is 0 Å². The van der Waals surface area contributed by atoms with E-state index in [4.69, 9.17) is 10.9 Å². The predicted octanol–water partition coefficient (Wildman–Crippen LogP) is 1.13. The van der Waals surface area contributed by atoms with Crippen LogP contribution in [-0.4, -0.2) is 22.8 Å². The van der Waals surface area contributed by atoms with Gasteiger partial charge in [-0.2, -0.15) is 0 Å². The number of aliphatic hydroxyl groups excluding tert-OH is 1. The molecule has 0 bridgehead atoms. The van der Waals surface area contributed by atoms with Gasteiger partial charge in [-0.3, -0.25) is 5.84 Å². The fourth-order valence-corrected chi connectivity index (χ4v) is 1.39. The molecule has 1 atom stereocenters. The Morgan fingerprint density at radius 3 is 2.50 bits per heavy atom. The number of hydrogen-bond acceptors (Lipinski definition) is 3. The number of benzene rings is 1. The highest BCUT2D eigenvalue weighted by molar-refractivity contribution is 5.14. The minimum atomic E-state index is 0.0511.